The summed E-state index contributed by atoms with van der Waals surface area (Å²) >= 11 is 5.18. The van der Waals surface area contributed by atoms with Crippen LogP contribution < -0.4 is 5.73 Å². The topological polar surface area (TPSA) is 69.6 Å². The van der Waals surface area contributed by atoms with Crippen molar-refractivity contribution >= 4 is 27.7 Å². The van der Waals surface area contributed by atoms with E-state index in [2.05, 4.69) is 49.7 Å². The lowest BCUT2D eigenvalue weighted by Gasteiger charge is -2.06. The molecule has 5 nitrogen and oxygen atoms in total. The second-order valence-corrected chi connectivity index (χ2v) is 6.43. The zero-order valence-corrected chi connectivity index (χ0v) is 12.7. The predicted octanol–water partition coefficient (Wildman–Crippen LogP) is 2.42. The Morgan fingerprint density at radius 1 is 1.42 bits per heavy atom. The van der Waals surface area contributed by atoms with Crippen molar-refractivity contribution in [3.8, 4) is 0 Å². The molecule has 3 rings (SSSR count). The minimum absolute atomic E-state index is 0.498. The second-order valence-electron chi connectivity index (χ2n) is 4.53. The first-order chi connectivity index (χ1) is 9.28. The van der Waals surface area contributed by atoms with E-state index in [-0.39, 0.29) is 0 Å². The number of benzene rings is 1. The van der Waals surface area contributed by atoms with E-state index in [0.717, 1.165) is 20.9 Å². The van der Waals surface area contributed by atoms with Crippen LogP contribution in [0.25, 0.3) is 0 Å². The molecule has 7 heteroatoms. The van der Waals surface area contributed by atoms with E-state index >= 15 is 0 Å². The third-order valence-electron chi connectivity index (χ3n) is 3.00. The SMILES string of the molecule is NCCc1ccc(Sc2nnnn2C2CC2)cc1Br. The van der Waals surface area contributed by atoms with Crippen molar-refractivity contribution in [1.29, 1.82) is 0 Å². The average molecular weight is 340 g/mol. The van der Waals surface area contributed by atoms with Crippen molar-refractivity contribution in [1.82, 2.24) is 20.2 Å². The predicted molar refractivity (Wildman–Crippen MR) is 77.1 cm³/mol. The molecular formula is C12H14BrN5S. The van der Waals surface area contributed by atoms with Crippen LogP contribution in [-0.4, -0.2) is 26.8 Å². The summed E-state index contributed by atoms with van der Waals surface area (Å²) in [7, 11) is 0. The zero-order valence-electron chi connectivity index (χ0n) is 10.3. The summed E-state index contributed by atoms with van der Waals surface area (Å²) in [5.74, 6) is 0. The van der Waals surface area contributed by atoms with Gasteiger partial charge in [0.25, 0.3) is 0 Å². The number of nitrogens with zero attached hydrogens (tertiary/aromatic N) is 4. The highest BCUT2D eigenvalue weighted by atomic mass is 79.9. The number of aromatic nitrogens is 4. The Hall–Kier alpha value is -0.920. The summed E-state index contributed by atoms with van der Waals surface area (Å²) in [6.07, 6.45) is 3.24. The molecule has 1 aliphatic carbocycles. The van der Waals surface area contributed by atoms with Gasteiger partial charge in [-0.05, 0) is 65.7 Å². The fourth-order valence-corrected chi connectivity index (χ4v) is 3.46. The molecular weight excluding hydrogens is 326 g/mol. The maximum atomic E-state index is 5.58. The normalized spacial score (nSPS) is 14.8. The summed E-state index contributed by atoms with van der Waals surface area (Å²) in [6.45, 7) is 0.658. The lowest BCUT2D eigenvalue weighted by atomic mass is 10.1. The van der Waals surface area contributed by atoms with Crippen molar-refractivity contribution in [2.24, 2.45) is 5.73 Å². The van der Waals surface area contributed by atoms with E-state index in [9.17, 15) is 0 Å². The smallest absolute Gasteiger partial charge is 0.214 e. The summed E-state index contributed by atoms with van der Waals surface area (Å²) in [4.78, 5) is 1.13. The Labute approximate surface area is 124 Å². The lowest BCUT2D eigenvalue weighted by Crippen LogP contribution is -2.03. The van der Waals surface area contributed by atoms with E-state index in [1.807, 2.05) is 4.68 Å². The third kappa shape index (κ3) is 2.98. The van der Waals surface area contributed by atoms with Crippen LogP contribution in [0.3, 0.4) is 0 Å². The Kier molecular flexibility index (Phi) is 3.86. The van der Waals surface area contributed by atoms with Crippen LogP contribution in [-0.2, 0) is 6.42 Å². The summed E-state index contributed by atoms with van der Waals surface area (Å²) in [5.41, 5.74) is 6.81. The standard InChI is InChI=1S/C12H14BrN5S/c13-11-7-10(4-1-8(11)5-6-14)19-12-15-16-17-18(12)9-2-3-9/h1,4,7,9H,2-3,5-6,14H2. The van der Waals surface area contributed by atoms with Gasteiger partial charge in [0.15, 0.2) is 0 Å². The third-order valence-corrected chi connectivity index (χ3v) is 4.68. The molecule has 0 bridgehead atoms. The Morgan fingerprint density at radius 3 is 2.95 bits per heavy atom. The van der Waals surface area contributed by atoms with Crippen LogP contribution in [0, 0.1) is 0 Å². The van der Waals surface area contributed by atoms with Crippen molar-refractivity contribution in [2.75, 3.05) is 6.54 Å². The van der Waals surface area contributed by atoms with Crippen molar-refractivity contribution in [2.45, 2.75) is 35.4 Å². The van der Waals surface area contributed by atoms with Gasteiger partial charge in [0.1, 0.15) is 0 Å². The summed E-state index contributed by atoms with van der Waals surface area (Å²) in [5, 5.41) is 12.8. The highest BCUT2D eigenvalue weighted by Crippen LogP contribution is 2.38. The molecule has 2 aromatic rings. The molecule has 0 unspecified atom stereocenters. The van der Waals surface area contributed by atoms with Gasteiger partial charge in [0, 0.05) is 9.37 Å². The van der Waals surface area contributed by atoms with Crippen molar-refractivity contribution < 1.29 is 0 Å². The van der Waals surface area contributed by atoms with Gasteiger partial charge in [-0.25, -0.2) is 4.68 Å². The molecule has 1 aromatic carbocycles. The molecule has 1 fully saturated rings. The average Bonchev–Trinajstić information content (AvgIpc) is 3.14. The first-order valence-corrected chi connectivity index (χ1v) is 7.83. The van der Waals surface area contributed by atoms with E-state index in [1.165, 1.54) is 18.4 Å². The number of rotatable bonds is 5. The maximum Gasteiger partial charge on any atom is 0.214 e. The summed E-state index contributed by atoms with van der Waals surface area (Å²) in [6, 6.07) is 6.79. The van der Waals surface area contributed by atoms with Crippen molar-refractivity contribution in [3.63, 3.8) is 0 Å². The lowest BCUT2D eigenvalue weighted by molar-refractivity contribution is 0.565. The minimum Gasteiger partial charge on any atom is -0.330 e. The molecule has 0 amide bonds. The second kappa shape index (κ2) is 5.60. The number of hydrogen-bond acceptors (Lipinski definition) is 5. The fraction of sp³-hybridized carbons (Fsp3) is 0.417. The van der Waals surface area contributed by atoms with Gasteiger partial charge in [-0.15, -0.1) is 5.10 Å². The number of tetrazole rings is 1. The molecule has 1 heterocycles. The van der Waals surface area contributed by atoms with Crippen LogP contribution in [0.2, 0.25) is 0 Å². The van der Waals surface area contributed by atoms with Crippen LogP contribution in [0.4, 0.5) is 0 Å². The molecule has 0 aliphatic heterocycles. The van der Waals surface area contributed by atoms with Gasteiger partial charge in [-0.3, -0.25) is 0 Å². The molecule has 100 valence electrons. The molecule has 0 radical (unpaired) electrons. The first-order valence-electron chi connectivity index (χ1n) is 6.22. The van der Waals surface area contributed by atoms with Gasteiger partial charge >= 0.3 is 0 Å². The van der Waals surface area contributed by atoms with Gasteiger partial charge in [0.2, 0.25) is 5.16 Å². The number of halogens is 1. The quantitative estimate of drug-likeness (QED) is 0.905. The van der Waals surface area contributed by atoms with E-state index in [4.69, 9.17) is 5.73 Å². The van der Waals surface area contributed by atoms with Gasteiger partial charge < -0.3 is 5.73 Å². The fourth-order valence-electron chi connectivity index (χ4n) is 1.86. The molecule has 0 saturated heterocycles. The molecule has 19 heavy (non-hydrogen) atoms. The Balaban J connectivity index is 1.79. The maximum absolute atomic E-state index is 5.58. The van der Waals surface area contributed by atoms with Gasteiger partial charge in [-0.1, -0.05) is 22.0 Å². The van der Waals surface area contributed by atoms with Gasteiger partial charge in [0.05, 0.1) is 6.04 Å². The monoisotopic (exact) mass is 339 g/mol. The van der Waals surface area contributed by atoms with Crippen LogP contribution in [0.15, 0.2) is 32.7 Å². The Morgan fingerprint density at radius 2 is 2.26 bits per heavy atom. The molecule has 2 N–H and O–H groups in total. The van der Waals surface area contributed by atoms with Crippen molar-refractivity contribution in [3.05, 3.63) is 28.2 Å². The molecule has 1 saturated carbocycles. The highest BCUT2D eigenvalue weighted by Gasteiger charge is 2.28. The molecule has 0 spiro atoms. The van der Waals surface area contributed by atoms with E-state index in [1.54, 1.807) is 11.8 Å². The largest absolute Gasteiger partial charge is 0.330 e. The minimum atomic E-state index is 0.498. The molecule has 1 aromatic heterocycles. The van der Waals surface area contributed by atoms with E-state index in [0.29, 0.717) is 12.6 Å². The first kappa shape index (κ1) is 13.1. The molecule has 1 aliphatic rings. The van der Waals surface area contributed by atoms with Crippen LogP contribution >= 0.6 is 27.7 Å². The molecule has 0 atom stereocenters. The Bertz CT molecular complexity index is 581. The van der Waals surface area contributed by atoms with Crippen LogP contribution in [0.5, 0.6) is 0 Å². The number of nitrogens with two attached hydrogens (primary N) is 1. The van der Waals surface area contributed by atoms with Crippen LogP contribution in [0.1, 0.15) is 24.4 Å². The number of hydrogen-bond donors (Lipinski definition) is 1. The summed E-state index contributed by atoms with van der Waals surface area (Å²) < 4.78 is 3.01. The van der Waals surface area contributed by atoms with E-state index < -0.39 is 0 Å². The highest BCUT2D eigenvalue weighted by molar-refractivity contribution is 9.10. The zero-order chi connectivity index (χ0) is 13.2. The van der Waals surface area contributed by atoms with Gasteiger partial charge in [-0.2, -0.15) is 0 Å².